The lowest BCUT2D eigenvalue weighted by molar-refractivity contribution is -0.000799. The van der Waals surface area contributed by atoms with Crippen molar-refractivity contribution in [2.45, 2.75) is 110 Å². The Morgan fingerprint density at radius 2 is 1.87 bits per heavy atom. The van der Waals surface area contributed by atoms with E-state index in [1.54, 1.807) is 21.3 Å². The predicted molar refractivity (Wildman–Crippen MR) is 236 cm³/mol. The van der Waals surface area contributed by atoms with Gasteiger partial charge in [0.15, 0.2) is 0 Å². The van der Waals surface area contributed by atoms with Gasteiger partial charge in [-0.1, -0.05) is 88.7 Å². The van der Waals surface area contributed by atoms with Gasteiger partial charge in [-0.05, 0) is 112 Å². The van der Waals surface area contributed by atoms with E-state index >= 15 is 0 Å². The van der Waals surface area contributed by atoms with Crippen LogP contribution >= 0.6 is 31.9 Å². The van der Waals surface area contributed by atoms with Crippen LogP contribution in [0.2, 0.25) is 0 Å². The fraction of sp³-hybridized carbons (Fsp3) is 0.609. The third kappa shape index (κ3) is 9.64. The minimum absolute atomic E-state index is 0.0157. The molecular weight excluding hydrogens is 818 g/mol. The van der Waals surface area contributed by atoms with Crippen molar-refractivity contribution < 1.29 is 18.9 Å². The molecule has 2 N–H and O–H groups in total. The summed E-state index contributed by atoms with van der Waals surface area (Å²) in [6.45, 7) is 18.2. The number of nitrogens with one attached hydrogen (secondary N) is 2. The van der Waals surface area contributed by atoms with E-state index in [0.717, 1.165) is 72.5 Å². The zero-order valence-corrected chi connectivity index (χ0v) is 38.4. The highest BCUT2D eigenvalue weighted by Crippen LogP contribution is 2.50. The Bertz CT molecular complexity index is 1680. The third-order valence-electron chi connectivity index (χ3n) is 12.5. The zero-order chi connectivity index (χ0) is 40.1. The molecule has 6 atom stereocenters. The smallest absolute Gasteiger partial charge is 0.125 e. The molecular formula is C46H67Br2N3O4. The molecule has 2 aliphatic heterocycles. The summed E-state index contributed by atoms with van der Waals surface area (Å²) in [5.74, 6) is 3.43. The van der Waals surface area contributed by atoms with Crippen molar-refractivity contribution >= 4 is 37.5 Å². The van der Waals surface area contributed by atoms with Crippen LogP contribution in [0.15, 0.2) is 88.0 Å². The Hall–Kier alpha value is -2.46. The van der Waals surface area contributed by atoms with Crippen LogP contribution in [-0.4, -0.2) is 76.0 Å². The number of likely N-dealkylation sites (tertiary alicyclic amines) is 1. The van der Waals surface area contributed by atoms with E-state index < -0.39 is 0 Å². The van der Waals surface area contributed by atoms with E-state index in [-0.39, 0.29) is 40.4 Å². The second kappa shape index (κ2) is 18.4. The number of anilines is 1. The summed E-state index contributed by atoms with van der Waals surface area (Å²) in [5.41, 5.74) is 4.90. The number of allylic oxidation sites excluding steroid dienone is 4. The molecule has 0 aromatic heterocycles. The van der Waals surface area contributed by atoms with Crippen molar-refractivity contribution in [1.29, 1.82) is 0 Å². The molecule has 0 amide bonds. The molecule has 1 fully saturated rings. The number of benzene rings is 1. The van der Waals surface area contributed by atoms with Crippen molar-refractivity contribution in [1.82, 2.24) is 10.2 Å². The summed E-state index contributed by atoms with van der Waals surface area (Å²) in [6, 6.07) is 7.18. The standard InChI is InChI=1S/C46H67Br2N3O4/c1-44(2,3)43(32(23-24-47)27-41(48)49-8)55-42-30(15-21-39-45(4,5)35-28-33(53-10)17-19-37(35)50-39)13-14-31(42)16-22-40-46(6,7)36-29-34(54-11)18-20-38(36)51(40)25-12-26-52-9/h15-20,22,27-29,32,36,38-40,43,49-50H,12-14,21,23-26H2,1-11H3/b22-16+,30-15+,41-27-. The SMILES string of the molecule is CN/C(Br)=C\C(CCBr)C(OC1=C(/C=C/C2N(CCCOC)C3C=CC(OC)=CC3C2(C)C)CC/C1=C\CC1Nc2ccc(OC)cc2C1(C)C)C(C)(C)C. The number of rotatable bonds is 17. The van der Waals surface area contributed by atoms with Crippen LogP contribution in [0.3, 0.4) is 0 Å². The van der Waals surface area contributed by atoms with Gasteiger partial charge in [-0.3, -0.25) is 4.90 Å². The quantitative estimate of drug-likeness (QED) is 0.0918. The second-order valence-electron chi connectivity index (χ2n) is 17.8. The topological polar surface area (TPSA) is 64.2 Å². The normalized spacial score (nSPS) is 26.5. The average molecular weight is 886 g/mol. The lowest BCUT2D eigenvalue weighted by atomic mass is 9.73. The number of nitrogens with zero attached hydrogens (tertiary/aromatic N) is 1. The molecule has 304 valence electrons. The number of alkyl halides is 1. The van der Waals surface area contributed by atoms with Gasteiger partial charge in [0, 0.05) is 73.7 Å². The van der Waals surface area contributed by atoms with Crippen molar-refractivity contribution in [3.05, 3.63) is 93.6 Å². The Labute approximate surface area is 349 Å². The third-order valence-corrected chi connectivity index (χ3v) is 13.6. The minimum atomic E-state index is -0.116. The number of fused-ring (bicyclic) bond motifs is 2. The molecule has 2 heterocycles. The molecule has 0 saturated carbocycles. The van der Waals surface area contributed by atoms with Crippen LogP contribution in [0.4, 0.5) is 5.69 Å². The highest BCUT2D eigenvalue weighted by Gasteiger charge is 2.52. The molecule has 0 radical (unpaired) electrons. The van der Waals surface area contributed by atoms with Crippen LogP contribution in [0, 0.1) is 22.7 Å². The molecule has 4 aliphatic rings. The highest BCUT2D eigenvalue weighted by atomic mass is 79.9. The van der Waals surface area contributed by atoms with E-state index in [9.17, 15) is 0 Å². The maximum atomic E-state index is 7.46. The van der Waals surface area contributed by atoms with Gasteiger partial charge in [-0.2, -0.15) is 0 Å². The molecule has 2 aliphatic carbocycles. The Balaban J connectivity index is 1.55. The van der Waals surface area contributed by atoms with Gasteiger partial charge in [-0.25, -0.2) is 0 Å². The summed E-state index contributed by atoms with van der Waals surface area (Å²) >= 11 is 7.51. The molecule has 1 aromatic carbocycles. The van der Waals surface area contributed by atoms with Crippen LogP contribution in [0.1, 0.15) is 86.1 Å². The van der Waals surface area contributed by atoms with Gasteiger partial charge in [0.1, 0.15) is 23.4 Å². The molecule has 0 spiro atoms. The van der Waals surface area contributed by atoms with Crippen LogP contribution < -0.4 is 15.4 Å². The van der Waals surface area contributed by atoms with Crippen LogP contribution in [0.5, 0.6) is 5.75 Å². The summed E-state index contributed by atoms with van der Waals surface area (Å²) in [4.78, 5) is 2.68. The molecule has 6 unspecified atom stereocenters. The van der Waals surface area contributed by atoms with Gasteiger partial charge < -0.3 is 29.6 Å². The largest absolute Gasteiger partial charge is 0.497 e. The van der Waals surface area contributed by atoms with E-state index in [0.29, 0.717) is 12.0 Å². The van der Waals surface area contributed by atoms with E-state index in [2.05, 4.69) is 151 Å². The van der Waals surface area contributed by atoms with Gasteiger partial charge in [0.2, 0.25) is 0 Å². The van der Waals surface area contributed by atoms with E-state index in [1.807, 2.05) is 13.1 Å². The Morgan fingerprint density at radius 3 is 2.53 bits per heavy atom. The zero-order valence-electron chi connectivity index (χ0n) is 35.2. The first kappa shape index (κ1) is 43.7. The fourth-order valence-corrected chi connectivity index (χ4v) is 10.1. The first-order valence-electron chi connectivity index (χ1n) is 20.1. The predicted octanol–water partition coefficient (Wildman–Crippen LogP) is 10.8. The summed E-state index contributed by atoms with van der Waals surface area (Å²) in [5, 5.41) is 8.03. The maximum Gasteiger partial charge on any atom is 0.125 e. The maximum absolute atomic E-state index is 7.46. The monoisotopic (exact) mass is 883 g/mol. The number of hydrogen-bond acceptors (Lipinski definition) is 7. The number of ether oxygens (including phenoxy) is 4. The minimum Gasteiger partial charge on any atom is -0.497 e. The molecule has 9 heteroatoms. The molecule has 1 aromatic rings. The van der Waals surface area contributed by atoms with Crippen molar-refractivity contribution in [3.8, 4) is 5.75 Å². The van der Waals surface area contributed by atoms with Crippen LogP contribution in [-0.2, 0) is 19.6 Å². The van der Waals surface area contributed by atoms with Gasteiger partial charge in [-0.15, -0.1) is 0 Å². The van der Waals surface area contributed by atoms with Crippen molar-refractivity contribution in [2.24, 2.45) is 22.7 Å². The van der Waals surface area contributed by atoms with Crippen molar-refractivity contribution in [2.75, 3.05) is 52.2 Å². The first-order valence-corrected chi connectivity index (χ1v) is 22.0. The number of halogens is 2. The van der Waals surface area contributed by atoms with Gasteiger partial charge in [0.25, 0.3) is 0 Å². The lowest BCUT2D eigenvalue weighted by Gasteiger charge is -2.37. The van der Waals surface area contributed by atoms with E-state index in [4.69, 9.17) is 18.9 Å². The van der Waals surface area contributed by atoms with Crippen molar-refractivity contribution in [3.63, 3.8) is 0 Å². The highest BCUT2D eigenvalue weighted by molar-refractivity contribution is 9.11. The van der Waals surface area contributed by atoms with Gasteiger partial charge >= 0.3 is 0 Å². The lowest BCUT2D eigenvalue weighted by Crippen LogP contribution is -2.39. The summed E-state index contributed by atoms with van der Waals surface area (Å²) in [7, 11) is 7.26. The average Bonchev–Trinajstić information content (AvgIpc) is 3.72. The summed E-state index contributed by atoms with van der Waals surface area (Å²) in [6.07, 6.45) is 21.2. The van der Waals surface area contributed by atoms with E-state index in [1.165, 1.54) is 22.4 Å². The number of hydrogen-bond donors (Lipinski definition) is 2. The molecule has 7 nitrogen and oxygen atoms in total. The molecule has 1 saturated heterocycles. The van der Waals surface area contributed by atoms with Crippen LogP contribution in [0.25, 0.3) is 0 Å². The molecule has 55 heavy (non-hydrogen) atoms. The molecule has 5 rings (SSSR count). The second-order valence-corrected chi connectivity index (χ2v) is 19.5. The van der Waals surface area contributed by atoms with Gasteiger partial charge in [0.05, 0.1) is 18.8 Å². The number of methoxy groups -OCH3 is 3. The Kier molecular flexibility index (Phi) is 14.6. The Morgan fingerprint density at radius 1 is 1.11 bits per heavy atom. The fourth-order valence-electron chi connectivity index (χ4n) is 9.25. The molecule has 0 bridgehead atoms. The first-order chi connectivity index (χ1) is 26.1. The summed E-state index contributed by atoms with van der Waals surface area (Å²) < 4.78 is 25.3.